The Morgan fingerprint density at radius 3 is 2.67 bits per heavy atom. The van der Waals surface area contributed by atoms with Crippen LogP contribution in [0.5, 0.6) is 5.75 Å². The highest BCUT2D eigenvalue weighted by molar-refractivity contribution is 5.87. The molecule has 1 aromatic carbocycles. The van der Waals surface area contributed by atoms with Crippen molar-refractivity contribution in [3.63, 3.8) is 0 Å². The fourth-order valence-corrected chi connectivity index (χ4v) is 3.58. The largest absolute Gasteiger partial charge is 0.481 e. The number of fused-ring (bicyclic) bond motifs is 1. The maximum Gasteiger partial charge on any atom is 0.407 e. The molecular weight excluding hydrogens is 443 g/mol. The zero-order valence-corrected chi connectivity index (χ0v) is 17.6. The number of hydrogen-bond acceptors (Lipinski definition) is 6. The minimum absolute atomic E-state index is 0.0290. The number of aromatic amines is 1. The van der Waals surface area contributed by atoms with E-state index >= 15 is 0 Å². The van der Waals surface area contributed by atoms with Crippen molar-refractivity contribution in [1.29, 1.82) is 0 Å². The van der Waals surface area contributed by atoms with Crippen molar-refractivity contribution in [1.82, 2.24) is 19.9 Å². The number of benzene rings is 1. The van der Waals surface area contributed by atoms with Gasteiger partial charge >= 0.3 is 6.09 Å². The molecule has 12 heteroatoms. The van der Waals surface area contributed by atoms with Crippen LogP contribution in [0.4, 0.5) is 23.8 Å². The molecule has 1 fully saturated rings. The van der Waals surface area contributed by atoms with Gasteiger partial charge in [-0.3, -0.25) is 4.79 Å². The van der Waals surface area contributed by atoms with Crippen molar-refractivity contribution in [3.05, 3.63) is 57.4 Å². The first-order valence-corrected chi connectivity index (χ1v) is 10.0. The number of aromatic nitrogens is 3. The van der Waals surface area contributed by atoms with E-state index in [-0.39, 0.29) is 35.9 Å². The molecule has 0 unspecified atom stereocenters. The van der Waals surface area contributed by atoms with Gasteiger partial charge in [0.25, 0.3) is 12.0 Å². The van der Waals surface area contributed by atoms with E-state index in [9.17, 15) is 22.8 Å². The van der Waals surface area contributed by atoms with Gasteiger partial charge in [0.15, 0.2) is 5.75 Å². The quantitative estimate of drug-likeness (QED) is 0.511. The molecule has 174 valence electrons. The van der Waals surface area contributed by atoms with Gasteiger partial charge < -0.3 is 25.0 Å². The number of rotatable bonds is 6. The highest BCUT2D eigenvalue weighted by Crippen LogP contribution is 2.30. The highest BCUT2D eigenvalue weighted by atomic mass is 19.3. The number of amides is 1. The van der Waals surface area contributed by atoms with E-state index in [4.69, 9.17) is 9.84 Å². The number of ether oxygens (including phenoxy) is 1. The SMILES string of the molecule is Cc1nc(N[C@H](C)c2cccc(C(F)F)c2F)c2cc(OC3CN(C(=O)O)C3)c(=O)[nH]c2n1. The number of likely N-dealkylation sites (tertiary alicyclic amines) is 1. The van der Waals surface area contributed by atoms with E-state index in [1.54, 1.807) is 13.8 Å². The number of nitrogens with one attached hydrogen (secondary N) is 2. The van der Waals surface area contributed by atoms with Crippen LogP contribution < -0.4 is 15.6 Å². The molecular formula is C21H20F3N5O4. The van der Waals surface area contributed by atoms with E-state index < -0.39 is 41.6 Å². The van der Waals surface area contributed by atoms with Gasteiger partial charge in [-0.05, 0) is 13.8 Å². The predicted molar refractivity (Wildman–Crippen MR) is 112 cm³/mol. The second-order valence-corrected chi connectivity index (χ2v) is 7.69. The number of aryl methyl sites for hydroxylation is 1. The molecule has 0 saturated carbocycles. The molecule has 1 saturated heterocycles. The third-order valence-corrected chi connectivity index (χ3v) is 5.31. The lowest BCUT2D eigenvalue weighted by Gasteiger charge is -2.36. The lowest BCUT2D eigenvalue weighted by atomic mass is 10.0. The first kappa shape index (κ1) is 22.4. The Morgan fingerprint density at radius 2 is 2.00 bits per heavy atom. The molecule has 2 aromatic heterocycles. The van der Waals surface area contributed by atoms with Gasteiger partial charge in [-0.25, -0.2) is 27.9 Å². The van der Waals surface area contributed by atoms with Crippen LogP contribution >= 0.6 is 0 Å². The minimum Gasteiger partial charge on any atom is -0.481 e. The second-order valence-electron chi connectivity index (χ2n) is 7.69. The molecule has 3 aromatic rings. The first-order chi connectivity index (χ1) is 15.6. The smallest absolute Gasteiger partial charge is 0.407 e. The molecule has 33 heavy (non-hydrogen) atoms. The summed E-state index contributed by atoms with van der Waals surface area (Å²) in [7, 11) is 0. The summed E-state index contributed by atoms with van der Waals surface area (Å²) in [5, 5.41) is 12.3. The Kier molecular flexibility index (Phi) is 5.83. The van der Waals surface area contributed by atoms with Crippen molar-refractivity contribution < 1.29 is 27.8 Å². The molecule has 0 spiro atoms. The summed E-state index contributed by atoms with van der Waals surface area (Å²) in [4.78, 5) is 35.6. The second kappa shape index (κ2) is 8.60. The molecule has 0 radical (unpaired) electrons. The number of halogens is 3. The molecule has 3 N–H and O–H groups in total. The Labute approximate surface area is 185 Å². The molecule has 9 nitrogen and oxygen atoms in total. The van der Waals surface area contributed by atoms with Crippen LogP contribution in [0, 0.1) is 12.7 Å². The molecule has 1 aliphatic heterocycles. The Balaban J connectivity index is 1.65. The van der Waals surface area contributed by atoms with Crippen LogP contribution in [0.3, 0.4) is 0 Å². The van der Waals surface area contributed by atoms with E-state index in [1.807, 2.05) is 0 Å². The average Bonchev–Trinajstić information content (AvgIpc) is 2.70. The lowest BCUT2D eigenvalue weighted by Crippen LogP contribution is -2.56. The number of hydrogen-bond donors (Lipinski definition) is 3. The summed E-state index contributed by atoms with van der Waals surface area (Å²) in [6, 6.07) is 4.45. The number of nitrogens with zero attached hydrogens (tertiary/aromatic N) is 3. The summed E-state index contributed by atoms with van der Waals surface area (Å²) in [5.41, 5.74) is -1.01. The van der Waals surface area contributed by atoms with Gasteiger partial charge in [0.1, 0.15) is 29.2 Å². The number of H-pyrrole nitrogens is 1. The van der Waals surface area contributed by atoms with E-state index in [0.717, 1.165) is 11.0 Å². The van der Waals surface area contributed by atoms with Gasteiger partial charge in [0, 0.05) is 11.6 Å². The summed E-state index contributed by atoms with van der Waals surface area (Å²) in [5.74, 6) is -0.493. The van der Waals surface area contributed by atoms with Gasteiger partial charge in [-0.1, -0.05) is 18.2 Å². The summed E-state index contributed by atoms with van der Waals surface area (Å²) in [6.45, 7) is 3.44. The van der Waals surface area contributed by atoms with Crippen molar-refractivity contribution >= 4 is 22.9 Å². The minimum atomic E-state index is -2.95. The van der Waals surface area contributed by atoms with E-state index in [1.165, 1.54) is 18.2 Å². The fourth-order valence-electron chi connectivity index (χ4n) is 3.58. The zero-order chi connectivity index (χ0) is 23.9. The number of carboxylic acid groups (broad SMARTS) is 1. The van der Waals surface area contributed by atoms with Crippen LogP contribution in [-0.4, -0.2) is 50.2 Å². The maximum atomic E-state index is 14.6. The highest BCUT2D eigenvalue weighted by Gasteiger charge is 2.32. The van der Waals surface area contributed by atoms with Gasteiger partial charge in [0.05, 0.1) is 30.1 Å². The third-order valence-electron chi connectivity index (χ3n) is 5.31. The fraction of sp³-hybridized carbons (Fsp3) is 0.333. The molecule has 4 rings (SSSR count). The van der Waals surface area contributed by atoms with Gasteiger partial charge in [0.2, 0.25) is 0 Å². The molecule has 1 amide bonds. The van der Waals surface area contributed by atoms with Crippen LogP contribution in [0.1, 0.15) is 36.3 Å². The summed E-state index contributed by atoms with van der Waals surface area (Å²) >= 11 is 0. The Morgan fingerprint density at radius 1 is 1.30 bits per heavy atom. The van der Waals surface area contributed by atoms with Crippen molar-refractivity contribution in [2.24, 2.45) is 0 Å². The monoisotopic (exact) mass is 463 g/mol. The molecule has 0 bridgehead atoms. The van der Waals surface area contributed by atoms with Gasteiger partial charge in [-0.2, -0.15) is 0 Å². The normalized spacial score (nSPS) is 14.9. The van der Waals surface area contributed by atoms with Crippen molar-refractivity contribution in [2.75, 3.05) is 18.4 Å². The molecule has 1 atom stereocenters. The number of alkyl halides is 2. The Hall–Kier alpha value is -3.83. The predicted octanol–water partition coefficient (Wildman–Crippen LogP) is 3.62. The number of carbonyl (C=O) groups is 1. The first-order valence-electron chi connectivity index (χ1n) is 10.0. The zero-order valence-electron chi connectivity index (χ0n) is 17.6. The lowest BCUT2D eigenvalue weighted by molar-refractivity contribution is 0.0245. The summed E-state index contributed by atoms with van der Waals surface area (Å²) in [6.07, 6.45) is -4.50. The Bertz CT molecular complexity index is 1280. The van der Waals surface area contributed by atoms with Crippen LogP contribution in [-0.2, 0) is 0 Å². The topological polar surface area (TPSA) is 120 Å². The molecule has 1 aliphatic rings. The van der Waals surface area contributed by atoms with E-state index in [0.29, 0.717) is 11.2 Å². The summed E-state index contributed by atoms with van der Waals surface area (Å²) < 4.78 is 46.4. The maximum absolute atomic E-state index is 14.6. The van der Waals surface area contributed by atoms with Crippen LogP contribution in [0.25, 0.3) is 11.0 Å². The van der Waals surface area contributed by atoms with Crippen molar-refractivity contribution in [2.45, 2.75) is 32.4 Å². The van der Waals surface area contributed by atoms with Crippen LogP contribution in [0.2, 0.25) is 0 Å². The molecule has 3 heterocycles. The third kappa shape index (κ3) is 4.41. The number of anilines is 1. The van der Waals surface area contributed by atoms with Crippen molar-refractivity contribution in [3.8, 4) is 5.75 Å². The standard InChI is InChI=1S/C21H20F3N5O4/c1-9(12-4-3-5-13(16(12)22)17(23)24)25-18-14-6-15(33-11-7-29(8-11)21(31)32)20(30)28-19(14)27-10(2)26-18/h3-6,9,11,17H,7-8H2,1-2H3,(H,31,32)(H2,25,26,27,28,30)/t9-/m1/s1. The van der Waals surface area contributed by atoms with E-state index in [2.05, 4.69) is 20.3 Å². The molecule has 0 aliphatic carbocycles. The van der Waals surface area contributed by atoms with Crippen LogP contribution in [0.15, 0.2) is 29.1 Å². The number of pyridine rings is 1. The van der Waals surface area contributed by atoms with Gasteiger partial charge in [-0.15, -0.1) is 0 Å². The average molecular weight is 463 g/mol.